The topological polar surface area (TPSA) is 23.6 Å². The fraction of sp³-hybridized carbons (Fsp3) is 0.917. The molecule has 0 bridgehead atoms. The normalized spacial score (nSPS) is 29.3. The van der Waals surface area contributed by atoms with E-state index in [0.29, 0.717) is 11.3 Å². The van der Waals surface area contributed by atoms with E-state index in [0.717, 1.165) is 25.9 Å². The molecule has 0 aromatic carbocycles. The molecule has 0 atom stereocenters. The van der Waals surface area contributed by atoms with Gasteiger partial charge in [-0.05, 0) is 39.9 Å². The van der Waals surface area contributed by atoms with Crippen LogP contribution in [0.2, 0.25) is 0 Å². The number of Topliss-reactive ketones (excluding diaryl/α,β-unsaturated/α-hetero) is 1. The van der Waals surface area contributed by atoms with E-state index in [4.69, 9.17) is 0 Å². The standard InChI is InChI=1S/C12H22N2O/c1-12(5-9-13(2)10-6-12)14-7-3-11(15)4-8-14/h3-10H2,1-2H3. The first-order valence-corrected chi connectivity index (χ1v) is 6.05. The average molecular weight is 210 g/mol. The van der Waals surface area contributed by atoms with Gasteiger partial charge in [-0.15, -0.1) is 0 Å². The molecule has 2 saturated heterocycles. The summed E-state index contributed by atoms with van der Waals surface area (Å²) in [7, 11) is 2.19. The third-order valence-electron chi connectivity index (χ3n) is 4.15. The van der Waals surface area contributed by atoms with Crippen molar-refractivity contribution in [2.75, 3.05) is 33.2 Å². The van der Waals surface area contributed by atoms with Crippen LogP contribution in [0.5, 0.6) is 0 Å². The summed E-state index contributed by atoms with van der Waals surface area (Å²) in [6.07, 6.45) is 4.03. The average Bonchev–Trinajstić information content (AvgIpc) is 2.24. The van der Waals surface area contributed by atoms with E-state index in [9.17, 15) is 4.79 Å². The van der Waals surface area contributed by atoms with Crippen LogP contribution in [0.4, 0.5) is 0 Å². The molecule has 0 saturated carbocycles. The number of likely N-dealkylation sites (tertiary alicyclic amines) is 2. The summed E-state index contributed by atoms with van der Waals surface area (Å²) in [6, 6.07) is 0. The van der Waals surface area contributed by atoms with Crippen molar-refractivity contribution in [1.82, 2.24) is 9.80 Å². The summed E-state index contributed by atoms with van der Waals surface area (Å²) in [5, 5.41) is 0. The first-order valence-electron chi connectivity index (χ1n) is 6.05. The molecule has 0 aromatic heterocycles. The molecule has 3 nitrogen and oxygen atoms in total. The molecule has 2 aliphatic heterocycles. The lowest BCUT2D eigenvalue weighted by Crippen LogP contribution is -2.55. The highest BCUT2D eigenvalue weighted by Crippen LogP contribution is 2.29. The second-order valence-electron chi connectivity index (χ2n) is 5.33. The number of carbonyl (C=O) groups is 1. The van der Waals surface area contributed by atoms with Gasteiger partial charge in [0.1, 0.15) is 5.78 Å². The summed E-state index contributed by atoms with van der Waals surface area (Å²) in [5.41, 5.74) is 0.354. The summed E-state index contributed by atoms with van der Waals surface area (Å²) in [4.78, 5) is 16.2. The zero-order valence-electron chi connectivity index (χ0n) is 9.96. The third kappa shape index (κ3) is 2.40. The van der Waals surface area contributed by atoms with E-state index in [-0.39, 0.29) is 0 Å². The van der Waals surface area contributed by atoms with E-state index in [1.807, 2.05) is 0 Å². The molecule has 0 amide bonds. The molecular formula is C12H22N2O. The minimum atomic E-state index is 0.354. The maximum atomic E-state index is 11.2. The lowest BCUT2D eigenvalue weighted by Gasteiger charge is -2.47. The van der Waals surface area contributed by atoms with Gasteiger partial charge in [-0.25, -0.2) is 0 Å². The van der Waals surface area contributed by atoms with Crippen LogP contribution >= 0.6 is 0 Å². The van der Waals surface area contributed by atoms with Crippen molar-refractivity contribution in [3.8, 4) is 0 Å². The van der Waals surface area contributed by atoms with Gasteiger partial charge in [0.15, 0.2) is 0 Å². The highest BCUT2D eigenvalue weighted by molar-refractivity contribution is 5.79. The van der Waals surface area contributed by atoms with Gasteiger partial charge in [-0.1, -0.05) is 0 Å². The van der Waals surface area contributed by atoms with Gasteiger partial charge < -0.3 is 4.90 Å². The summed E-state index contributed by atoms with van der Waals surface area (Å²) >= 11 is 0. The van der Waals surface area contributed by atoms with E-state index in [1.54, 1.807) is 0 Å². The first-order chi connectivity index (χ1) is 7.10. The van der Waals surface area contributed by atoms with Crippen LogP contribution in [-0.4, -0.2) is 54.3 Å². The van der Waals surface area contributed by atoms with Gasteiger partial charge in [-0.2, -0.15) is 0 Å². The molecule has 2 fully saturated rings. The third-order valence-corrected chi connectivity index (χ3v) is 4.15. The van der Waals surface area contributed by atoms with E-state index in [2.05, 4.69) is 23.8 Å². The van der Waals surface area contributed by atoms with Crippen LogP contribution in [-0.2, 0) is 4.79 Å². The molecule has 86 valence electrons. The summed E-state index contributed by atoms with van der Waals surface area (Å²) < 4.78 is 0. The molecule has 2 heterocycles. The molecule has 0 radical (unpaired) electrons. The SMILES string of the molecule is CN1CCC(C)(N2CCC(=O)CC2)CC1. The number of rotatable bonds is 1. The molecule has 0 aromatic rings. The van der Waals surface area contributed by atoms with Crippen molar-refractivity contribution in [3.63, 3.8) is 0 Å². The quantitative estimate of drug-likeness (QED) is 0.648. The van der Waals surface area contributed by atoms with Crippen molar-refractivity contribution >= 4 is 5.78 Å². The Labute approximate surface area is 92.4 Å². The van der Waals surface area contributed by atoms with Gasteiger partial charge in [-0.3, -0.25) is 9.69 Å². The molecule has 0 unspecified atom stereocenters. The Morgan fingerprint density at radius 2 is 1.60 bits per heavy atom. The van der Waals surface area contributed by atoms with Crippen molar-refractivity contribution in [2.45, 2.75) is 38.1 Å². The minimum absolute atomic E-state index is 0.354. The lowest BCUT2D eigenvalue weighted by atomic mass is 9.86. The monoisotopic (exact) mass is 210 g/mol. The highest BCUT2D eigenvalue weighted by atomic mass is 16.1. The zero-order chi connectivity index (χ0) is 10.9. The summed E-state index contributed by atoms with van der Waals surface area (Å²) in [6.45, 7) is 6.73. The molecular weight excluding hydrogens is 188 g/mol. The molecule has 2 rings (SSSR count). The van der Waals surface area contributed by atoms with Crippen molar-refractivity contribution in [3.05, 3.63) is 0 Å². The second-order valence-corrected chi connectivity index (χ2v) is 5.33. The van der Waals surface area contributed by atoms with Crippen molar-refractivity contribution < 1.29 is 4.79 Å². The number of nitrogens with zero attached hydrogens (tertiary/aromatic N) is 2. The fourth-order valence-electron chi connectivity index (χ4n) is 2.71. The van der Waals surface area contributed by atoms with Gasteiger partial charge >= 0.3 is 0 Å². The largest absolute Gasteiger partial charge is 0.306 e. The zero-order valence-corrected chi connectivity index (χ0v) is 9.96. The Balaban J connectivity index is 1.94. The van der Waals surface area contributed by atoms with Crippen LogP contribution in [0.15, 0.2) is 0 Å². The predicted octanol–water partition coefficient (Wildman–Crippen LogP) is 1.14. The van der Waals surface area contributed by atoms with E-state index < -0.39 is 0 Å². The Hall–Kier alpha value is -0.410. The molecule has 0 N–H and O–H groups in total. The van der Waals surface area contributed by atoms with Crippen LogP contribution in [0.3, 0.4) is 0 Å². The predicted molar refractivity (Wildman–Crippen MR) is 61.0 cm³/mol. The van der Waals surface area contributed by atoms with E-state index in [1.165, 1.54) is 25.9 Å². The van der Waals surface area contributed by atoms with Crippen LogP contribution in [0, 0.1) is 0 Å². The van der Waals surface area contributed by atoms with E-state index >= 15 is 0 Å². The Morgan fingerprint density at radius 1 is 1.07 bits per heavy atom. The number of piperidine rings is 2. The van der Waals surface area contributed by atoms with Gasteiger partial charge in [0.25, 0.3) is 0 Å². The minimum Gasteiger partial charge on any atom is -0.306 e. The maximum Gasteiger partial charge on any atom is 0.135 e. The van der Waals surface area contributed by atoms with Gasteiger partial charge in [0.2, 0.25) is 0 Å². The Bertz CT molecular complexity index is 234. The highest BCUT2D eigenvalue weighted by Gasteiger charge is 2.36. The van der Waals surface area contributed by atoms with Crippen molar-refractivity contribution in [1.29, 1.82) is 0 Å². The molecule has 0 spiro atoms. The fourth-order valence-corrected chi connectivity index (χ4v) is 2.71. The number of ketones is 1. The number of hydrogen-bond acceptors (Lipinski definition) is 3. The smallest absolute Gasteiger partial charge is 0.135 e. The molecule has 3 heteroatoms. The number of hydrogen-bond donors (Lipinski definition) is 0. The number of carbonyl (C=O) groups excluding carboxylic acids is 1. The van der Waals surface area contributed by atoms with Crippen LogP contribution in [0.25, 0.3) is 0 Å². The molecule has 0 aliphatic carbocycles. The Morgan fingerprint density at radius 3 is 2.13 bits per heavy atom. The molecule has 15 heavy (non-hydrogen) atoms. The molecule has 2 aliphatic rings. The first kappa shape index (κ1) is 11.1. The van der Waals surface area contributed by atoms with Crippen molar-refractivity contribution in [2.24, 2.45) is 0 Å². The maximum absolute atomic E-state index is 11.2. The second kappa shape index (κ2) is 4.22. The lowest BCUT2D eigenvalue weighted by molar-refractivity contribution is -0.123. The van der Waals surface area contributed by atoms with Crippen LogP contribution in [0.1, 0.15) is 32.6 Å². The van der Waals surface area contributed by atoms with Gasteiger partial charge in [0, 0.05) is 31.5 Å². The van der Waals surface area contributed by atoms with Gasteiger partial charge in [0.05, 0.1) is 0 Å². The summed E-state index contributed by atoms with van der Waals surface area (Å²) in [5.74, 6) is 0.447. The van der Waals surface area contributed by atoms with Crippen LogP contribution < -0.4 is 0 Å². The Kier molecular flexibility index (Phi) is 3.12.